The van der Waals surface area contributed by atoms with Crippen molar-refractivity contribution in [1.82, 2.24) is 0 Å². The molecule has 0 atom stereocenters. The molecule has 0 aliphatic rings. The fraction of sp³-hybridized carbons (Fsp3) is 0.250. The summed E-state index contributed by atoms with van der Waals surface area (Å²) in [4.78, 5) is 11.1. The van der Waals surface area contributed by atoms with Crippen LogP contribution in [0.25, 0.3) is 6.08 Å². The molecule has 0 saturated heterocycles. The minimum absolute atomic E-state index is 0.0925. The normalized spacial score (nSPS) is 11.3. The topological polar surface area (TPSA) is 26.3 Å². The predicted octanol–water partition coefficient (Wildman–Crippen LogP) is 3.06. The largest absolute Gasteiger partial charge is 0.465 e. The van der Waals surface area contributed by atoms with E-state index in [-0.39, 0.29) is 5.03 Å². The molecule has 15 heavy (non-hydrogen) atoms. The molecule has 0 aliphatic heterocycles. The van der Waals surface area contributed by atoms with Crippen molar-refractivity contribution in [3.05, 3.63) is 39.9 Å². The van der Waals surface area contributed by atoms with Crippen LogP contribution in [0.15, 0.2) is 23.2 Å². The van der Waals surface area contributed by atoms with Gasteiger partial charge in [0.15, 0.2) is 0 Å². The van der Waals surface area contributed by atoms with Gasteiger partial charge < -0.3 is 4.74 Å². The van der Waals surface area contributed by atoms with Gasteiger partial charge in [-0.1, -0.05) is 29.8 Å². The van der Waals surface area contributed by atoms with E-state index in [0.29, 0.717) is 0 Å². The first-order valence-electron chi connectivity index (χ1n) is 4.58. The van der Waals surface area contributed by atoms with E-state index in [1.807, 2.05) is 32.0 Å². The van der Waals surface area contributed by atoms with Gasteiger partial charge >= 0.3 is 5.97 Å². The molecule has 0 aliphatic carbocycles. The van der Waals surface area contributed by atoms with Crippen molar-refractivity contribution in [2.45, 2.75) is 13.8 Å². The van der Waals surface area contributed by atoms with Crippen molar-refractivity contribution in [1.29, 1.82) is 0 Å². The van der Waals surface area contributed by atoms with Gasteiger partial charge in [0.2, 0.25) is 0 Å². The van der Waals surface area contributed by atoms with Gasteiger partial charge in [0.05, 0.1) is 7.11 Å². The van der Waals surface area contributed by atoms with E-state index in [1.54, 1.807) is 6.08 Å². The highest BCUT2D eigenvalue weighted by Crippen LogP contribution is 2.19. The number of benzene rings is 1. The van der Waals surface area contributed by atoms with Gasteiger partial charge in [0, 0.05) is 0 Å². The zero-order valence-electron chi connectivity index (χ0n) is 9.00. The van der Waals surface area contributed by atoms with E-state index in [2.05, 4.69) is 4.74 Å². The van der Waals surface area contributed by atoms with Gasteiger partial charge in [-0.05, 0) is 36.6 Å². The first-order valence-corrected chi connectivity index (χ1v) is 4.95. The Kier molecular flexibility index (Phi) is 3.92. The number of carbonyl (C=O) groups is 1. The number of aryl methyl sites for hydroxylation is 2. The van der Waals surface area contributed by atoms with Crippen molar-refractivity contribution in [3.63, 3.8) is 0 Å². The van der Waals surface area contributed by atoms with Crippen molar-refractivity contribution in [3.8, 4) is 0 Å². The Morgan fingerprint density at radius 3 is 2.33 bits per heavy atom. The number of methoxy groups -OCH3 is 1. The van der Waals surface area contributed by atoms with E-state index >= 15 is 0 Å². The van der Waals surface area contributed by atoms with E-state index in [4.69, 9.17) is 11.6 Å². The molecule has 0 saturated carbocycles. The summed E-state index contributed by atoms with van der Waals surface area (Å²) in [5, 5.41) is 0.0925. The molecule has 0 heterocycles. The standard InChI is InChI=1S/C12H13ClO2/c1-8-5-4-6-9(2)10(8)7-11(13)12(14)15-3/h4-7H,1-3H3/b11-7-. The van der Waals surface area contributed by atoms with Gasteiger partial charge in [-0.25, -0.2) is 4.79 Å². The lowest BCUT2D eigenvalue weighted by Crippen LogP contribution is -2.00. The van der Waals surface area contributed by atoms with Crippen molar-refractivity contribution >= 4 is 23.6 Å². The third-order valence-corrected chi connectivity index (χ3v) is 2.46. The lowest BCUT2D eigenvalue weighted by atomic mass is 10.0. The van der Waals surface area contributed by atoms with Gasteiger partial charge in [-0.2, -0.15) is 0 Å². The van der Waals surface area contributed by atoms with Crippen LogP contribution in [0.4, 0.5) is 0 Å². The van der Waals surface area contributed by atoms with Crippen LogP contribution >= 0.6 is 11.6 Å². The molecule has 0 bridgehead atoms. The number of rotatable bonds is 2. The van der Waals surface area contributed by atoms with Crippen LogP contribution < -0.4 is 0 Å². The Hall–Kier alpha value is -1.28. The lowest BCUT2D eigenvalue weighted by Gasteiger charge is -2.05. The second kappa shape index (κ2) is 4.99. The molecular weight excluding hydrogens is 212 g/mol. The highest BCUT2D eigenvalue weighted by Gasteiger charge is 2.07. The van der Waals surface area contributed by atoms with Crippen molar-refractivity contribution in [2.75, 3.05) is 7.11 Å². The summed E-state index contributed by atoms with van der Waals surface area (Å²) >= 11 is 5.80. The van der Waals surface area contributed by atoms with Gasteiger partial charge in [-0.15, -0.1) is 0 Å². The first kappa shape index (κ1) is 11.8. The average Bonchev–Trinajstić information content (AvgIpc) is 2.22. The molecule has 80 valence electrons. The molecule has 1 aromatic carbocycles. The monoisotopic (exact) mass is 224 g/mol. The molecule has 0 aromatic heterocycles. The second-order valence-corrected chi connectivity index (χ2v) is 3.70. The molecule has 0 spiro atoms. The number of esters is 1. The number of ether oxygens (including phenoxy) is 1. The molecule has 2 nitrogen and oxygen atoms in total. The fourth-order valence-corrected chi connectivity index (χ4v) is 1.52. The molecular formula is C12H13ClO2. The molecule has 1 aromatic rings. The molecule has 3 heteroatoms. The third kappa shape index (κ3) is 2.83. The SMILES string of the molecule is COC(=O)/C(Cl)=C/c1c(C)cccc1C. The smallest absolute Gasteiger partial charge is 0.349 e. The van der Waals surface area contributed by atoms with Crippen LogP contribution in [0.5, 0.6) is 0 Å². The summed E-state index contributed by atoms with van der Waals surface area (Å²) < 4.78 is 4.52. The van der Waals surface area contributed by atoms with Crippen molar-refractivity contribution < 1.29 is 9.53 Å². The van der Waals surface area contributed by atoms with Crippen molar-refractivity contribution in [2.24, 2.45) is 0 Å². The highest BCUT2D eigenvalue weighted by atomic mass is 35.5. The van der Waals surface area contributed by atoms with Crippen LogP contribution in [0, 0.1) is 13.8 Å². The maximum absolute atomic E-state index is 11.1. The van der Waals surface area contributed by atoms with Crippen LogP contribution in [0.3, 0.4) is 0 Å². The van der Waals surface area contributed by atoms with Crippen LogP contribution in [-0.4, -0.2) is 13.1 Å². The molecule has 0 radical (unpaired) electrons. The predicted molar refractivity (Wildman–Crippen MR) is 61.8 cm³/mol. The maximum Gasteiger partial charge on any atom is 0.349 e. The summed E-state index contributed by atoms with van der Waals surface area (Å²) in [5.41, 5.74) is 3.13. The summed E-state index contributed by atoms with van der Waals surface area (Å²) in [6.07, 6.45) is 1.64. The summed E-state index contributed by atoms with van der Waals surface area (Å²) in [7, 11) is 1.31. The Morgan fingerprint density at radius 2 is 1.87 bits per heavy atom. The summed E-state index contributed by atoms with van der Waals surface area (Å²) in [6, 6.07) is 5.91. The first-order chi connectivity index (χ1) is 7.06. The van der Waals surface area contributed by atoms with E-state index in [0.717, 1.165) is 16.7 Å². The second-order valence-electron chi connectivity index (χ2n) is 3.29. The van der Waals surface area contributed by atoms with Gasteiger partial charge in [-0.3, -0.25) is 0 Å². The van der Waals surface area contributed by atoms with E-state index < -0.39 is 5.97 Å². The van der Waals surface area contributed by atoms with Gasteiger partial charge in [0.25, 0.3) is 0 Å². The Morgan fingerprint density at radius 1 is 1.33 bits per heavy atom. The Labute approximate surface area is 94.5 Å². The van der Waals surface area contributed by atoms with E-state index in [9.17, 15) is 4.79 Å². The lowest BCUT2D eigenvalue weighted by molar-refractivity contribution is -0.135. The number of halogens is 1. The van der Waals surface area contributed by atoms with Gasteiger partial charge in [0.1, 0.15) is 5.03 Å². The zero-order valence-corrected chi connectivity index (χ0v) is 9.76. The number of hydrogen-bond donors (Lipinski definition) is 0. The zero-order chi connectivity index (χ0) is 11.4. The average molecular weight is 225 g/mol. The number of hydrogen-bond acceptors (Lipinski definition) is 2. The molecule has 1 rings (SSSR count). The minimum atomic E-state index is -0.515. The quantitative estimate of drug-likeness (QED) is 0.570. The number of carbonyl (C=O) groups excluding carboxylic acids is 1. The molecule has 0 unspecified atom stereocenters. The Bertz CT molecular complexity index is 388. The third-order valence-electron chi connectivity index (χ3n) is 2.19. The summed E-state index contributed by atoms with van der Waals surface area (Å²) in [5.74, 6) is -0.515. The fourth-order valence-electron chi connectivity index (χ4n) is 1.34. The van der Waals surface area contributed by atoms with Crippen LogP contribution in [-0.2, 0) is 9.53 Å². The molecule has 0 amide bonds. The maximum atomic E-state index is 11.1. The van der Waals surface area contributed by atoms with Crippen LogP contribution in [0.1, 0.15) is 16.7 Å². The highest BCUT2D eigenvalue weighted by molar-refractivity contribution is 6.43. The summed E-state index contributed by atoms with van der Waals surface area (Å²) in [6.45, 7) is 3.95. The molecule has 0 fully saturated rings. The minimum Gasteiger partial charge on any atom is -0.465 e. The van der Waals surface area contributed by atoms with E-state index in [1.165, 1.54) is 7.11 Å². The molecule has 0 N–H and O–H groups in total. The van der Waals surface area contributed by atoms with Crippen LogP contribution in [0.2, 0.25) is 0 Å². The Balaban J connectivity index is 3.13.